The van der Waals surface area contributed by atoms with Crippen LogP contribution in [0.1, 0.15) is 32.1 Å². The molecular weight excluding hydrogens is 232 g/mol. The van der Waals surface area contributed by atoms with E-state index >= 15 is 0 Å². The smallest absolute Gasteiger partial charge is 0.330 e. The Morgan fingerprint density at radius 1 is 1.28 bits per heavy atom. The van der Waals surface area contributed by atoms with Crippen molar-refractivity contribution in [1.29, 1.82) is 0 Å². The van der Waals surface area contributed by atoms with Crippen LogP contribution in [-0.4, -0.2) is 19.5 Å². The predicted octanol–water partition coefficient (Wildman–Crippen LogP) is 0.993. The van der Waals surface area contributed by atoms with Gasteiger partial charge >= 0.3 is 5.69 Å². The highest BCUT2D eigenvalue weighted by molar-refractivity contribution is 5.67. The van der Waals surface area contributed by atoms with Crippen LogP contribution < -0.4 is 11.2 Å². The van der Waals surface area contributed by atoms with Crippen molar-refractivity contribution in [2.45, 2.75) is 38.6 Å². The van der Waals surface area contributed by atoms with Gasteiger partial charge in [-0.25, -0.2) is 9.78 Å². The maximum atomic E-state index is 12.2. The molecule has 0 atom stereocenters. The number of H-pyrrole nitrogens is 2. The number of hydrogen-bond donors (Lipinski definition) is 2. The third-order valence-corrected chi connectivity index (χ3v) is 3.73. The van der Waals surface area contributed by atoms with E-state index in [1.807, 2.05) is 0 Å². The molecule has 18 heavy (non-hydrogen) atoms. The summed E-state index contributed by atoms with van der Waals surface area (Å²) < 4.78 is 1.30. The normalized spacial score (nSPS) is 17.3. The molecule has 96 valence electrons. The van der Waals surface area contributed by atoms with Crippen LogP contribution in [0, 0.1) is 5.92 Å². The summed E-state index contributed by atoms with van der Waals surface area (Å²) in [4.78, 5) is 33.4. The number of hydrogen-bond acceptors (Lipinski definition) is 3. The van der Waals surface area contributed by atoms with Gasteiger partial charge in [0.05, 0.1) is 6.33 Å². The minimum Gasteiger partial charge on any atom is -0.339 e. The average Bonchev–Trinajstić information content (AvgIpc) is 2.84. The van der Waals surface area contributed by atoms with Crippen LogP contribution in [0.3, 0.4) is 0 Å². The molecule has 1 aliphatic carbocycles. The number of rotatable bonds is 2. The van der Waals surface area contributed by atoms with Crippen LogP contribution in [0.15, 0.2) is 15.9 Å². The number of aromatic amines is 2. The topological polar surface area (TPSA) is 83.5 Å². The Morgan fingerprint density at radius 2 is 2.06 bits per heavy atom. The zero-order chi connectivity index (χ0) is 12.5. The van der Waals surface area contributed by atoms with Crippen LogP contribution in [-0.2, 0) is 6.54 Å². The molecule has 6 nitrogen and oxygen atoms in total. The Balaban J connectivity index is 2.00. The first-order valence-electron chi connectivity index (χ1n) is 6.42. The second-order valence-electron chi connectivity index (χ2n) is 4.98. The first kappa shape index (κ1) is 11.3. The molecule has 0 unspecified atom stereocenters. The van der Waals surface area contributed by atoms with Gasteiger partial charge in [-0.1, -0.05) is 19.3 Å². The summed E-state index contributed by atoms with van der Waals surface area (Å²) in [7, 11) is 0. The van der Waals surface area contributed by atoms with Gasteiger partial charge in [0.2, 0.25) is 0 Å². The molecule has 6 heteroatoms. The molecule has 0 bridgehead atoms. The van der Waals surface area contributed by atoms with Crippen LogP contribution in [0.4, 0.5) is 0 Å². The number of fused-ring (bicyclic) bond motifs is 1. The van der Waals surface area contributed by atoms with Gasteiger partial charge in [-0.05, 0) is 18.8 Å². The molecule has 1 aliphatic rings. The molecule has 2 aromatic heterocycles. The minimum atomic E-state index is -0.356. The van der Waals surface area contributed by atoms with Crippen molar-refractivity contribution in [3.05, 3.63) is 27.2 Å². The van der Waals surface area contributed by atoms with Crippen molar-refractivity contribution in [2.24, 2.45) is 5.92 Å². The monoisotopic (exact) mass is 248 g/mol. The molecule has 0 aliphatic heterocycles. The molecule has 0 aromatic carbocycles. The van der Waals surface area contributed by atoms with Crippen LogP contribution in [0.2, 0.25) is 0 Å². The fraction of sp³-hybridized carbons (Fsp3) is 0.583. The van der Waals surface area contributed by atoms with E-state index in [-0.39, 0.29) is 11.2 Å². The van der Waals surface area contributed by atoms with Gasteiger partial charge in [0.25, 0.3) is 5.56 Å². The second-order valence-corrected chi connectivity index (χ2v) is 4.98. The Labute approximate surface area is 103 Å². The number of nitrogens with zero attached hydrogens (tertiary/aromatic N) is 2. The van der Waals surface area contributed by atoms with Crippen LogP contribution in [0.5, 0.6) is 0 Å². The highest BCUT2D eigenvalue weighted by Crippen LogP contribution is 2.24. The van der Waals surface area contributed by atoms with Crippen molar-refractivity contribution >= 4 is 11.2 Å². The van der Waals surface area contributed by atoms with Crippen LogP contribution in [0.25, 0.3) is 11.2 Å². The fourth-order valence-corrected chi connectivity index (χ4v) is 2.74. The Bertz CT molecular complexity index is 661. The molecule has 0 spiro atoms. The first-order chi connectivity index (χ1) is 8.75. The van der Waals surface area contributed by atoms with E-state index in [0.29, 0.717) is 23.6 Å². The van der Waals surface area contributed by atoms with Gasteiger partial charge in [-0.15, -0.1) is 0 Å². The van der Waals surface area contributed by atoms with Gasteiger partial charge < -0.3 is 4.98 Å². The molecule has 1 fully saturated rings. The molecular formula is C12H16N4O2. The van der Waals surface area contributed by atoms with Crippen molar-refractivity contribution in [3.63, 3.8) is 0 Å². The molecule has 1 saturated carbocycles. The summed E-state index contributed by atoms with van der Waals surface area (Å²) in [6.07, 6.45) is 7.29. The van der Waals surface area contributed by atoms with E-state index in [9.17, 15) is 9.59 Å². The number of imidazole rings is 1. The summed E-state index contributed by atoms with van der Waals surface area (Å²) >= 11 is 0. The molecule has 2 aromatic rings. The molecule has 2 heterocycles. The summed E-state index contributed by atoms with van der Waals surface area (Å²) in [5.74, 6) is 0.443. The average molecular weight is 248 g/mol. The minimum absolute atomic E-state index is 0.267. The summed E-state index contributed by atoms with van der Waals surface area (Å²) in [6.45, 7) is 0.517. The lowest BCUT2D eigenvalue weighted by atomic mass is 9.89. The van der Waals surface area contributed by atoms with E-state index in [1.54, 1.807) is 0 Å². The maximum Gasteiger partial charge on any atom is 0.330 e. The Hall–Kier alpha value is -1.85. The number of nitrogens with one attached hydrogen (secondary N) is 2. The van der Waals surface area contributed by atoms with Crippen molar-refractivity contribution in [2.75, 3.05) is 0 Å². The lowest BCUT2D eigenvalue weighted by Crippen LogP contribution is -2.37. The maximum absolute atomic E-state index is 12.2. The van der Waals surface area contributed by atoms with Gasteiger partial charge in [0, 0.05) is 6.54 Å². The van der Waals surface area contributed by atoms with E-state index in [1.165, 1.54) is 30.2 Å². The van der Waals surface area contributed by atoms with E-state index < -0.39 is 0 Å². The first-order valence-corrected chi connectivity index (χ1v) is 6.42. The lowest BCUT2D eigenvalue weighted by Gasteiger charge is -2.21. The number of aromatic nitrogens is 4. The highest BCUT2D eigenvalue weighted by Gasteiger charge is 2.17. The fourth-order valence-electron chi connectivity index (χ4n) is 2.74. The van der Waals surface area contributed by atoms with Crippen LogP contribution >= 0.6 is 0 Å². The van der Waals surface area contributed by atoms with Gasteiger partial charge in [-0.3, -0.25) is 14.3 Å². The Morgan fingerprint density at radius 3 is 2.83 bits per heavy atom. The second kappa shape index (κ2) is 4.44. The van der Waals surface area contributed by atoms with E-state index in [2.05, 4.69) is 15.0 Å². The highest BCUT2D eigenvalue weighted by atomic mass is 16.2. The third-order valence-electron chi connectivity index (χ3n) is 3.73. The molecule has 0 radical (unpaired) electrons. The lowest BCUT2D eigenvalue weighted by molar-refractivity contribution is 0.312. The largest absolute Gasteiger partial charge is 0.339 e. The van der Waals surface area contributed by atoms with Crippen molar-refractivity contribution in [1.82, 2.24) is 19.5 Å². The molecule has 0 amide bonds. The zero-order valence-electron chi connectivity index (χ0n) is 10.1. The summed E-state index contributed by atoms with van der Waals surface area (Å²) in [5.41, 5.74) is 0.0947. The summed E-state index contributed by atoms with van der Waals surface area (Å²) in [6, 6.07) is 0. The summed E-state index contributed by atoms with van der Waals surface area (Å²) in [5, 5.41) is 0. The molecule has 3 rings (SSSR count). The predicted molar refractivity (Wildman–Crippen MR) is 67.5 cm³/mol. The van der Waals surface area contributed by atoms with Gasteiger partial charge in [-0.2, -0.15) is 0 Å². The molecule has 2 N–H and O–H groups in total. The van der Waals surface area contributed by atoms with E-state index in [0.717, 1.165) is 12.8 Å². The molecule has 0 saturated heterocycles. The Kier molecular flexibility index (Phi) is 2.77. The SMILES string of the molecule is O=c1[nH]c2nc[nH]c2c(=O)n1CC1CCCCC1. The van der Waals surface area contributed by atoms with Gasteiger partial charge in [0.15, 0.2) is 5.65 Å². The third kappa shape index (κ3) is 1.87. The zero-order valence-corrected chi connectivity index (χ0v) is 10.1. The van der Waals surface area contributed by atoms with Crippen molar-refractivity contribution in [3.8, 4) is 0 Å². The van der Waals surface area contributed by atoms with Crippen molar-refractivity contribution < 1.29 is 0 Å². The quantitative estimate of drug-likeness (QED) is 0.831. The van der Waals surface area contributed by atoms with Gasteiger partial charge in [0.1, 0.15) is 5.52 Å². The van der Waals surface area contributed by atoms with E-state index in [4.69, 9.17) is 0 Å². The standard InChI is InChI=1S/C12H16N4O2/c17-11-9-10(14-7-13-9)15-12(18)16(11)6-8-4-2-1-3-5-8/h7-8H,1-6H2,(H,13,14)(H,15,18).